The molecule has 1 saturated heterocycles. The minimum absolute atomic E-state index is 0.0249. The van der Waals surface area contributed by atoms with E-state index >= 15 is 0 Å². The summed E-state index contributed by atoms with van der Waals surface area (Å²) in [5.74, 6) is 0.230. The van der Waals surface area contributed by atoms with Gasteiger partial charge in [0.1, 0.15) is 0 Å². The Morgan fingerprint density at radius 3 is 2.18 bits per heavy atom. The maximum Gasteiger partial charge on any atom is 0.317 e. The SMILES string of the molecule is CC(C)(C)NC(=O)N1CCC(C)(C(=N)N)CC1. The van der Waals surface area contributed by atoms with Crippen molar-refractivity contribution in [1.82, 2.24) is 10.2 Å². The average molecular weight is 240 g/mol. The van der Waals surface area contributed by atoms with Crippen LogP contribution in [0, 0.1) is 10.8 Å². The van der Waals surface area contributed by atoms with Gasteiger partial charge in [0.2, 0.25) is 0 Å². The van der Waals surface area contributed by atoms with Gasteiger partial charge in [-0.1, -0.05) is 6.92 Å². The van der Waals surface area contributed by atoms with Crippen LogP contribution in [0.2, 0.25) is 0 Å². The smallest absolute Gasteiger partial charge is 0.317 e. The van der Waals surface area contributed by atoms with E-state index in [1.54, 1.807) is 4.90 Å². The topological polar surface area (TPSA) is 82.2 Å². The van der Waals surface area contributed by atoms with Crippen LogP contribution in [0.3, 0.4) is 0 Å². The molecule has 0 saturated carbocycles. The molecule has 0 bridgehead atoms. The Hall–Kier alpha value is -1.26. The minimum atomic E-state index is -0.238. The molecule has 0 aliphatic carbocycles. The van der Waals surface area contributed by atoms with Crippen molar-refractivity contribution in [3.8, 4) is 0 Å². The monoisotopic (exact) mass is 240 g/mol. The number of nitrogens with two attached hydrogens (primary N) is 1. The molecule has 5 nitrogen and oxygen atoms in total. The van der Waals surface area contributed by atoms with E-state index in [0.29, 0.717) is 13.1 Å². The normalized spacial score (nSPS) is 19.9. The number of likely N-dealkylation sites (tertiary alicyclic amines) is 1. The Morgan fingerprint density at radius 1 is 1.35 bits per heavy atom. The number of carbonyl (C=O) groups excluding carboxylic acids is 1. The molecule has 5 heteroatoms. The number of rotatable bonds is 1. The van der Waals surface area contributed by atoms with Crippen LogP contribution < -0.4 is 11.1 Å². The zero-order chi connectivity index (χ0) is 13.3. The van der Waals surface area contributed by atoms with Gasteiger partial charge in [-0.3, -0.25) is 5.41 Å². The van der Waals surface area contributed by atoms with Crippen LogP contribution in [0.1, 0.15) is 40.5 Å². The maximum absolute atomic E-state index is 11.9. The van der Waals surface area contributed by atoms with E-state index in [0.717, 1.165) is 12.8 Å². The summed E-state index contributed by atoms with van der Waals surface area (Å²) in [6.07, 6.45) is 1.53. The van der Waals surface area contributed by atoms with E-state index < -0.39 is 0 Å². The summed E-state index contributed by atoms with van der Waals surface area (Å²) < 4.78 is 0. The largest absolute Gasteiger partial charge is 0.387 e. The molecule has 1 heterocycles. The molecule has 1 aliphatic rings. The summed E-state index contributed by atoms with van der Waals surface area (Å²) in [7, 11) is 0. The fraction of sp³-hybridized carbons (Fsp3) is 0.833. The van der Waals surface area contributed by atoms with Crippen molar-refractivity contribution in [2.24, 2.45) is 11.1 Å². The van der Waals surface area contributed by atoms with Gasteiger partial charge in [-0.25, -0.2) is 4.79 Å². The van der Waals surface area contributed by atoms with Gasteiger partial charge < -0.3 is 16.0 Å². The van der Waals surface area contributed by atoms with Crippen LogP contribution in [-0.4, -0.2) is 35.4 Å². The number of hydrogen-bond acceptors (Lipinski definition) is 2. The molecular formula is C12H24N4O. The van der Waals surface area contributed by atoms with Crippen LogP contribution in [0.4, 0.5) is 4.79 Å². The zero-order valence-corrected chi connectivity index (χ0v) is 11.3. The van der Waals surface area contributed by atoms with Crippen molar-refractivity contribution in [3.05, 3.63) is 0 Å². The Labute approximate surface area is 103 Å². The molecule has 1 aliphatic heterocycles. The van der Waals surface area contributed by atoms with Gasteiger partial charge in [-0.2, -0.15) is 0 Å². The molecule has 2 amide bonds. The van der Waals surface area contributed by atoms with Crippen LogP contribution in [-0.2, 0) is 0 Å². The van der Waals surface area contributed by atoms with E-state index in [2.05, 4.69) is 5.32 Å². The van der Waals surface area contributed by atoms with Crippen LogP contribution >= 0.6 is 0 Å². The maximum atomic E-state index is 11.9. The number of nitrogens with one attached hydrogen (secondary N) is 2. The molecule has 0 aromatic heterocycles. The van der Waals surface area contributed by atoms with Gasteiger partial charge in [-0.15, -0.1) is 0 Å². The summed E-state index contributed by atoms with van der Waals surface area (Å²) in [6.45, 7) is 9.22. The Morgan fingerprint density at radius 2 is 1.82 bits per heavy atom. The van der Waals surface area contributed by atoms with Crippen molar-refractivity contribution in [3.63, 3.8) is 0 Å². The van der Waals surface area contributed by atoms with Crippen molar-refractivity contribution < 1.29 is 4.79 Å². The predicted molar refractivity (Wildman–Crippen MR) is 69.1 cm³/mol. The molecule has 0 unspecified atom stereocenters. The lowest BCUT2D eigenvalue weighted by Gasteiger charge is -2.39. The van der Waals surface area contributed by atoms with Crippen molar-refractivity contribution >= 4 is 11.9 Å². The highest BCUT2D eigenvalue weighted by molar-refractivity contribution is 5.83. The van der Waals surface area contributed by atoms with E-state index in [9.17, 15) is 4.79 Å². The van der Waals surface area contributed by atoms with Gasteiger partial charge in [0, 0.05) is 24.0 Å². The van der Waals surface area contributed by atoms with Gasteiger partial charge in [0.25, 0.3) is 0 Å². The lowest BCUT2D eigenvalue weighted by atomic mass is 9.79. The fourth-order valence-electron chi connectivity index (χ4n) is 1.87. The van der Waals surface area contributed by atoms with Gasteiger partial charge in [0.05, 0.1) is 5.84 Å². The summed E-state index contributed by atoms with van der Waals surface area (Å²) in [5, 5.41) is 10.5. The molecule has 1 rings (SSSR count). The summed E-state index contributed by atoms with van der Waals surface area (Å²) >= 11 is 0. The Kier molecular flexibility index (Phi) is 3.69. The number of amidine groups is 1. The molecule has 0 radical (unpaired) electrons. The van der Waals surface area contributed by atoms with E-state index in [-0.39, 0.29) is 22.8 Å². The predicted octanol–water partition coefficient (Wildman–Crippen LogP) is 1.53. The highest BCUT2D eigenvalue weighted by Gasteiger charge is 2.34. The molecule has 4 N–H and O–H groups in total. The lowest BCUT2D eigenvalue weighted by molar-refractivity contribution is 0.153. The molecule has 0 aromatic rings. The number of hydrogen-bond donors (Lipinski definition) is 3. The van der Waals surface area contributed by atoms with E-state index in [1.807, 2.05) is 27.7 Å². The Bertz CT molecular complexity index is 311. The van der Waals surface area contributed by atoms with Crippen molar-refractivity contribution in [1.29, 1.82) is 5.41 Å². The quantitative estimate of drug-likeness (QED) is 0.480. The van der Waals surface area contributed by atoms with Crippen LogP contribution in [0.15, 0.2) is 0 Å². The average Bonchev–Trinajstić information content (AvgIpc) is 2.15. The van der Waals surface area contributed by atoms with Crippen molar-refractivity contribution in [2.45, 2.75) is 46.1 Å². The summed E-state index contributed by atoms with van der Waals surface area (Å²) in [5.41, 5.74) is 5.14. The third kappa shape index (κ3) is 3.61. The summed E-state index contributed by atoms with van der Waals surface area (Å²) in [6, 6.07) is -0.0249. The van der Waals surface area contributed by atoms with Crippen LogP contribution in [0.5, 0.6) is 0 Å². The first-order valence-corrected chi connectivity index (χ1v) is 6.06. The van der Waals surface area contributed by atoms with Crippen LogP contribution in [0.25, 0.3) is 0 Å². The van der Waals surface area contributed by atoms with E-state index in [1.165, 1.54) is 0 Å². The second-order valence-electron chi connectivity index (χ2n) is 6.14. The zero-order valence-electron chi connectivity index (χ0n) is 11.3. The molecule has 0 aromatic carbocycles. The fourth-order valence-corrected chi connectivity index (χ4v) is 1.87. The second-order valence-corrected chi connectivity index (χ2v) is 6.14. The molecule has 0 atom stereocenters. The van der Waals surface area contributed by atoms with Gasteiger partial charge in [-0.05, 0) is 33.6 Å². The van der Waals surface area contributed by atoms with Crippen molar-refractivity contribution in [2.75, 3.05) is 13.1 Å². The Balaban J connectivity index is 2.53. The van der Waals surface area contributed by atoms with E-state index in [4.69, 9.17) is 11.1 Å². The first-order valence-electron chi connectivity index (χ1n) is 6.06. The third-order valence-corrected chi connectivity index (χ3v) is 3.29. The minimum Gasteiger partial charge on any atom is -0.387 e. The van der Waals surface area contributed by atoms with Gasteiger partial charge in [0.15, 0.2) is 0 Å². The number of carbonyl (C=O) groups is 1. The molecular weight excluding hydrogens is 216 g/mol. The highest BCUT2D eigenvalue weighted by Crippen LogP contribution is 2.30. The standard InChI is InChI=1S/C12H24N4O/c1-11(2,3)15-10(17)16-7-5-12(4,6-8-16)9(13)14/h5-8H2,1-4H3,(H3,13,14)(H,15,17). The number of urea groups is 1. The molecule has 1 fully saturated rings. The first-order chi connectivity index (χ1) is 7.64. The highest BCUT2D eigenvalue weighted by atomic mass is 16.2. The second kappa shape index (κ2) is 4.55. The lowest BCUT2D eigenvalue weighted by Crippen LogP contribution is -2.53. The first kappa shape index (κ1) is 13.8. The third-order valence-electron chi connectivity index (χ3n) is 3.29. The number of piperidine rings is 1. The summed E-state index contributed by atoms with van der Waals surface area (Å²) in [4.78, 5) is 13.7. The molecule has 0 spiro atoms. The van der Waals surface area contributed by atoms with Gasteiger partial charge >= 0.3 is 6.03 Å². The number of nitrogens with zero attached hydrogens (tertiary/aromatic N) is 1. The number of amides is 2. The molecule has 98 valence electrons. The molecule has 17 heavy (non-hydrogen) atoms.